The maximum atomic E-state index is 11.9. The number of nitrogens with one attached hydrogen (secondary N) is 1. The van der Waals surface area contributed by atoms with Crippen molar-refractivity contribution in [2.45, 2.75) is 20.5 Å². The second kappa shape index (κ2) is 6.90. The van der Waals surface area contributed by atoms with Crippen molar-refractivity contribution in [2.24, 2.45) is 0 Å². The minimum Gasteiger partial charge on any atom is -0.483 e. The van der Waals surface area contributed by atoms with E-state index in [1.807, 2.05) is 38.1 Å². The van der Waals surface area contributed by atoms with Crippen LogP contribution in [0.1, 0.15) is 16.7 Å². The predicted octanol–water partition coefficient (Wildman–Crippen LogP) is 2.81. The molecule has 4 nitrogen and oxygen atoms in total. The van der Waals surface area contributed by atoms with E-state index in [1.165, 1.54) is 0 Å². The summed E-state index contributed by atoms with van der Waals surface area (Å²) in [6, 6.07) is 12.9. The molecule has 21 heavy (non-hydrogen) atoms. The zero-order chi connectivity index (χ0) is 15.2. The van der Waals surface area contributed by atoms with Crippen LogP contribution in [0.3, 0.4) is 0 Å². The van der Waals surface area contributed by atoms with Gasteiger partial charge in [-0.05, 0) is 31.5 Å². The Morgan fingerprint density at radius 1 is 1.19 bits per heavy atom. The molecule has 0 aliphatic rings. The fraction of sp³-hybridized carbons (Fsp3) is 0.235. The Morgan fingerprint density at radius 3 is 2.67 bits per heavy atom. The molecule has 0 unspecified atom stereocenters. The van der Waals surface area contributed by atoms with E-state index >= 15 is 0 Å². The third kappa shape index (κ3) is 4.07. The van der Waals surface area contributed by atoms with Gasteiger partial charge in [-0.15, -0.1) is 0 Å². The van der Waals surface area contributed by atoms with Gasteiger partial charge in [0.15, 0.2) is 6.61 Å². The van der Waals surface area contributed by atoms with Crippen molar-refractivity contribution in [3.05, 3.63) is 59.2 Å². The molecule has 0 bridgehead atoms. The summed E-state index contributed by atoms with van der Waals surface area (Å²) in [6.07, 6.45) is 0. The van der Waals surface area contributed by atoms with Crippen LogP contribution >= 0.6 is 0 Å². The van der Waals surface area contributed by atoms with Crippen molar-refractivity contribution in [3.63, 3.8) is 0 Å². The molecule has 0 saturated carbocycles. The molecule has 0 spiro atoms. The average molecular weight is 285 g/mol. The highest BCUT2D eigenvalue weighted by Gasteiger charge is 2.08. The molecule has 0 heterocycles. The zero-order valence-electron chi connectivity index (χ0n) is 12.2. The fourth-order valence-electron chi connectivity index (χ4n) is 2.07. The number of carbonyl (C=O) groups is 1. The van der Waals surface area contributed by atoms with Crippen LogP contribution in [0.15, 0.2) is 42.5 Å². The second-order valence-corrected chi connectivity index (χ2v) is 4.92. The molecule has 0 aromatic heterocycles. The molecule has 0 aliphatic carbocycles. The number of aliphatic hydroxyl groups excluding tert-OH is 1. The Bertz CT molecular complexity index is 638. The fourth-order valence-corrected chi connectivity index (χ4v) is 2.07. The summed E-state index contributed by atoms with van der Waals surface area (Å²) >= 11 is 0. The van der Waals surface area contributed by atoms with Gasteiger partial charge in [-0.3, -0.25) is 4.79 Å². The first kappa shape index (κ1) is 15.1. The summed E-state index contributed by atoms with van der Waals surface area (Å²) < 4.78 is 5.52. The van der Waals surface area contributed by atoms with Crippen molar-refractivity contribution in [3.8, 4) is 5.75 Å². The summed E-state index contributed by atoms with van der Waals surface area (Å²) in [4.78, 5) is 11.9. The molecule has 2 aromatic rings. The Hall–Kier alpha value is -2.33. The maximum Gasteiger partial charge on any atom is 0.262 e. The SMILES string of the molecule is Cc1ccc(OCC(=O)Nc2ccccc2CO)c(C)c1. The average Bonchev–Trinajstić information content (AvgIpc) is 2.47. The van der Waals surface area contributed by atoms with Crippen molar-refractivity contribution < 1.29 is 14.6 Å². The lowest BCUT2D eigenvalue weighted by Gasteiger charge is -2.11. The number of amides is 1. The molecule has 0 radical (unpaired) electrons. The number of ether oxygens (including phenoxy) is 1. The largest absolute Gasteiger partial charge is 0.483 e. The van der Waals surface area contributed by atoms with Gasteiger partial charge >= 0.3 is 0 Å². The van der Waals surface area contributed by atoms with Crippen LogP contribution in [0.2, 0.25) is 0 Å². The number of hydrogen-bond acceptors (Lipinski definition) is 3. The van der Waals surface area contributed by atoms with Gasteiger partial charge < -0.3 is 15.2 Å². The van der Waals surface area contributed by atoms with Crippen molar-refractivity contribution >= 4 is 11.6 Å². The molecular formula is C17H19NO3. The number of hydrogen-bond donors (Lipinski definition) is 2. The molecule has 2 aromatic carbocycles. The third-order valence-electron chi connectivity index (χ3n) is 3.15. The number of carbonyl (C=O) groups excluding carboxylic acids is 1. The topological polar surface area (TPSA) is 58.6 Å². The van der Waals surface area contributed by atoms with Crippen LogP contribution in [0.4, 0.5) is 5.69 Å². The molecular weight excluding hydrogens is 266 g/mol. The first-order valence-corrected chi connectivity index (χ1v) is 6.79. The van der Waals surface area contributed by atoms with E-state index in [2.05, 4.69) is 5.32 Å². The van der Waals surface area contributed by atoms with Crippen LogP contribution in [-0.2, 0) is 11.4 Å². The highest BCUT2D eigenvalue weighted by atomic mass is 16.5. The van der Waals surface area contributed by atoms with Crippen molar-refractivity contribution in [2.75, 3.05) is 11.9 Å². The lowest BCUT2D eigenvalue weighted by Crippen LogP contribution is -2.21. The van der Waals surface area contributed by atoms with Gasteiger partial charge in [0.2, 0.25) is 0 Å². The standard InChI is InChI=1S/C17H19NO3/c1-12-7-8-16(13(2)9-12)21-11-17(20)18-15-6-4-3-5-14(15)10-19/h3-9,19H,10-11H2,1-2H3,(H,18,20). The molecule has 110 valence electrons. The van der Waals surface area contributed by atoms with Crippen LogP contribution in [0.5, 0.6) is 5.75 Å². The van der Waals surface area contributed by atoms with Crippen LogP contribution in [0.25, 0.3) is 0 Å². The lowest BCUT2D eigenvalue weighted by atomic mass is 10.1. The van der Waals surface area contributed by atoms with Gasteiger partial charge in [-0.2, -0.15) is 0 Å². The lowest BCUT2D eigenvalue weighted by molar-refractivity contribution is -0.118. The van der Waals surface area contributed by atoms with E-state index < -0.39 is 0 Å². The second-order valence-electron chi connectivity index (χ2n) is 4.92. The maximum absolute atomic E-state index is 11.9. The smallest absolute Gasteiger partial charge is 0.262 e. The minimum absolute atomic E-state index is 0.0658. The van der Waals surface area contributed by atoms with E-state index in [0.29, 0.717) is 17.0 Å². The number of para-hydroxylation sites is 1. The number of rotatable bonds is 5. The number of benzene rings is 2. The minimum atomic E-state index is -0.254. The first-order chi connectivity index (χ1) is 10.1. The molecule has 2 rings (SSSR count). The number of aliphatic hydroxyl groups is 1. The highest BCUT2D eigenvalue weighted by molar-refractivity contribution is 5.92. The summed E-state index contributed by atoms with van der Waals surface area (Å²) in [7, 11) is 0. The molecule has 0 saturated heterocycles. The zero-order valence-corrected chi connectivity index (χ0v) is 12.2. The van der Waals surface area contributed by atoms with Gasteiger partial charge in [-0.1, -0.05) is 35.9 Å². The van der Waals surface area contributed by atoms with Crippen LogP contribution in [-0.4, -0.2) is 17.6 Å². The summed E-state index contributed by atoms with van der Waals surface area (Å²) in [5, 5.41) is 12.0. The highest BCUT2D eigenvalue weighted by Crippen LogP contribution is 2.19. The quantitative estimate of drug-likeness (QED) is 0.888. The Balaban J connectivity index is 1.96. The Labute approximate surface area is 124 Å². The molecule has 4 heteroatoms. The molecule has 1 amide bonds. The Kier molecular flexibility index (Phi) is 4.95. The van der Waals surface area contributed by atoms with Crippen molar-refractivity contribution in [1.82, 2.24) is 0 Å². The number of anilines is 1. The van der Waals surface area contributed by atoms with Gasteiger partial charge in [0.05, 0.1) is 6.61 Å². The summed E-state index contributed by atoms with van der Waals surface area (Å²) in [5.74, 6) is 0.446. The molecule has 2 N–H and O–H groups in total. The van der Waals surface area contributed by atoms with E-state index in [-0.39, 0.29) is 19.1 Å². The van der Waals surface area contributed by atoms with Gasteiger partial charge in [0, 0.05) is 11.3 Å². The molecule has 0 fully saturated rings. The van der Waals surface area contributed by atoms with Crippen LogP contribution in [0, 0.1) is 13.8 Å². The van der Waals surface area contributed by atoms with Crippen LogP contribution < -0.4 is 10.1 Å². The summed E-state index contributed by atoms with van der Waals surface area (Å²) in [5.41, 5.74) is 3.44. The molecule has 0 aliphatic heterocycles. The Morgan fingerprint density at radius 2 is 1.95 bits per heavy atom. The van der Waals surface area contributed by atoms with E-state index in [1.54, 1.807) is 18.2 Å². The van der Waals surface area contributed by atoms with Gasteiger partial charge in [-0.25, -0.2) is 0 Å². The summed E-state index contributed by atoms with van der Waals surface area (Å²) in [6.45, 7) is 3.77. The van der Waals surface area contributed by atoms with E-state index in [0.717, 1.165) is 11.1 Å². The van der Waals surface area contributed by atoms with Gasteiger partial charge in [0.1, 0.15) is 5.75 Å². The van der Waals surface area contributed by atoms with E-state index in [4.69, 9.17) is 4.74 Å². The van der Waals surface area contributed by atoms with Crippen molar-refractivity contribution in [1.29, 1.82) is 0 Å². The van der Waals surface area contributed by atoms with E-state index in [9.17, 15) is 9.90 Å². The predicted molar refractivity (Wildman–Crippen MR) is 82.4 cm³/mol. The molecule has 0 atom stereocenters. The normalized spacial score (nSPS) is 10.2. The third-order valence-corrected chi connectivity index (χ3v) is 3.15. The number of aryl methyl sites for hydroxylation is 2. The monoisotopic (exact) mass is 285 g/mol. The first-order valence-electron chi connectivity index (χ1n) is 6.79. The van der Waals surface area contributed by atoms with Gasteiger partial charge in [0.25, 0.3) is 5.91 Å².